The van der Waals surface area contributed by atoms with Crippen molar-refractivity contribution >= 4 is 37.8 Å². The van der Waals surface area contributed by atoms with E-state index in [9.17, 15) is 18.0 Å². The molecule has 0 radical (unpaired) electrons. The van der Waals surface area contributed by atoms with E-state index in [1.54, 1.807) is 57.3 Å². The predicted molar refractivity (Wildman–Crippen MR) is 115 cm³/mol. The number of nitrogens with one attached hydrogen (secondary N) is 3. The maximum Gasteiger partial charge on any atom is 0.251 e. The van der Waals surface area contributed by atoms with Crippen LogP contribution in [-0.4, -0.2) is 33.3 Å². The van der Waals surface area contributed by atoms with Crippen LogP contribution in [0.25, 0.3) is 0 Å². The van der Waals surface area contributed by atoms with Gasteiger partial charge in [0.2, 0.25) is 15.9 Å². The van der Waals surface area contributed by atoms with Crippen molar-refractivity contribution in [3.8, 4) is 0 Å². The first-order valence-electron chi connectivity index (χ1n) is 9.00. The molecule has 7 nitrogen and oxygen atoms in total. The van der Waals surface area contributed by atoms with Gasteiger partial charge in [0.1, 0.15) is 6.04 Å². The number of carbonyl (C=O) groups excluding carboxylic acids is 2. The van der Waals surface area contributed by atoms with Gasteiger partial charge in [-0.05, 0) is 47.9 Å². The van der Waals surface area contributed by atoms with Gasteiger partial charge >= 0.3 is 0 Å². The zero-order valence-electron chi connectivity index (χ0n) is 16.4. The van der Waals surface area contributed by atoms with Crippen LogP contribution in [0.5, 0.6) is 0 Å². The number of rotatable bonds is 8. The van der Waals surface area contributed by atoms with Crippen molar-refractivity contribution in [2.24, 2.45) is 5.92 Å². The molecule has 0 heterocycles. The lowest BCUT2D eigenvalue weighted by atomic mass is 10.0. The second-order valence-electron chi connectivity index (χ2n) is 6.79. The first-order chi connectivity index (χ1) is 13.6. The molecule has 0 saturated carbocycles. The molecule has 3 N–H and O–H groups in total. The summed E-state index contributed by atoms with van der Waals surface area (Å²) in [6, 6.07) is 12.1. The zero-order valence-corrected chi connectivity index (χ0v) is 18.8. The van der Waals surface area contributed by atoms with Crippen molar-refractivity contribution in [2.45, 2.75) is 31.3 Å². The average Bonchev–Trinajstić information content (AvgIpc) is 2.70. The Hall–Kier alpha value is -2.23. The van der Waals surface area contributed by atoms with E-state index in [1.165, 1.54) is 12.1 Å². The number of amides is 2. The third kappa shape index (κ3) is 6.38. The second kappa shape index (κ2) is 10.00. The molecular formula is C20H24BrN3O4S. The Balaban J connectivity index is 2.10. The molecular weight excluding hydrogens is 458 g/mol. The molecule has 2 aromatic carbocycles. The molecule has 1 atom stereocenters. The minimum absolute atomic E-state index is 0.0810. The minimum Gasteiger partial charge on any atom is -0.355 e. The predicted octanol–water partition coefficient (Wildman–Crippen LogP) is 2.43. The molecule has 0 aliphatic heterocycles. The largest absolute Gasteiger partial charge is 0.355 e. The topological polar surface area (TPSA) is 104 Å². The standard InChI is InChI=1S/C20H24BrN3O4S/c1-13(2)18(24-29(27,28)17-9-7-16(21)8-10-17)20(26)23-12-14-5-4-6-15(11-14)19(25)22-3/h4-11,13,18,24H,12H2,1-3H3,(H,22,25)(H,23,26)/t18-/m0/s1. The highest BCUT2D eigenvalue weighted by atomic mass is 79.9. The number of benzene rings is 2. The van der Waals surface area contributed by atoms with E-state index in [2.05, 4.69) is 31.3 Å². The fourth-order valence-electron chi connectivity index (χ4n) is 2.61. The molecule has 156 valence electrons. The van der Waals surface area contributed by atoms with Gasteiger partial charge in [0.25, 0.3) is 5.91 Å². The van der Waals surface area contributed by atoms with Gasteiger partial charge in [-0.15, -0.1) is 0 Å². The van der Waals surface area contributed by atoms with Gasteiger partial charge in [-0.3, -0.25) is 9.59 Å². The molecule has 0 fully saturated rings. The highest BCUT2D eigenvalue weighted by Gasteiger charge is 2.28. The first-order valence-corrected chi connectivity index (χ1v) is 11.3. The van der Waals surface area contributed by atoms with Crippen LogP contribution < -0.4 is 15.4 Å². The van der Waals surface area contributed by atoms with Crippen molar-refractivity contribution < 1.29 is 18.0 Å². The summed E-state index contributed by atoms with van der Waals surface area (Å²) in [6.07, 6.45) is 0. The van der Waals surface area contributed by atoms with Gasteiger partial charge in [-0.2, -0.15) is 4.72 Å². The van der Waals surface area contributed by atoms with Crippen LogP contribution >= 0.6 is 15.9 Å². The van der Waals surface area contributed by atoms with E-state index < -0.39 is 22.0 Å². The van der Waals surface area contributed by atoms with Crippen LogP contribution in [-0.2, 0) is 21.4 Å². The van der Waals surface area contributed by atoms with Crippen LogP contribution in [0.3, 0.4) is 0 Å². The maximum absolute atomic E-state index is 12.7. The Kier molecular flexibility index (Phi) is 7.95. The van der Waals surface area contributed by atoms with Crippen LogP contribution in [0.4, 0.5) is 0 Å². The third-order valence-electron chi connectivity index (χ3n) is 4.24. The third-order valence-corrected chi connectivity index (χ3v) is 6.22. The summed E-state index contributed by atoms with van der Waals surface area (Å²) in [6.45, 7) is 3.70. The van der Waals surface area contributed by atoms with Crippen molar-refractivity contribution in [2.75, 3.05) is 7.05 Å². The van der Waals surface area contributed by atoms with Crippen molar-refractivity contribution in [1.29, 1.82) is 0 Å². The molecule has 29 heavy (non-hydrogen) atoms. The van der Waals surface area contributed by atoms with Crippen LogP contribution in [0, 0.1) is 5.92 Å². The van der Waals surface area contributed by atoms with E-state index in [0.29, 0.717) is 5.56 Å². The molecule has 2 rings (SSSR count). The van der Waals surface area contributed by atoms with E-state index in [4.69, 9.17) is 0 Å². The number of hydrogen-bond donors (Lipinski definition) is 3. The molecule has 2 amide bonds. The molecule has 0 saturated heterocycles. The molecule has 0 spiro atoms. The fourth-order valence-corrected chi connectivity index (χ4v) is 4.22. The lowest BCUT2D eigenvalue weighted by molar-refractivity contribution is -0.123. The smallest absolute Gasteiger partial charge is 0.251 e. The summed E-state index contributed by atoms with van der Waals surface area (Å²) in [5, 5.41) is 5.29. The van der Waals surface area contributed by atoms with E-state index in [1.807, 2.05) is 0 Å². The summed E-state index contributed by atoms with van der Waals surface area (Å²) in [5.41, 5.74) is 1.22. The Labute approximate surface area is 179 Å². The lowest BCUT2D eigenvalue weighted by Gasteiger charge is -2.22. The van der Waals surface area contributed by atoms with Crippen molar-refractivity contribution in [1.82, 2.24) is 15.4 Å². The Morgan fingerprint density at radius 3 is 2.31 bits per heavy atom. The normalized spacial score (nSPS) is 12.4. The van der Waals surface area contributed by atoms with E-state index in [0.717, 1.165) is 10.0 Å². The molecule has 0 bridgehead atoms. The van der Waals surface area contributed by atoms with Crippen LogP contribution in [0.15, 0.2) is 57.9 Å². The van der Waals surface area contributed by atoms with Gasteiger partial charge < -0.3 is 10.6 Å². The molecule has 9 heteroatoms. The zero-order chi connectivity index (χ0) is 21.6. The summed E-state index contributed by atoms with van der Waals surface area (Å²) in [5.74, 6) is -0.927. The van der Waals surface area contributed by atoms with Gasteiger partial charge in [0, 0.05) is 23.6 Å². The number of hydrogen-bond acceptors (Lipinski definition) is 4. The Morgan fingerprint density at radius 2 is 1.72 bits per heavy atom. The van der Waals surface area contributed by atoms with Gasteiger partial charge in [-0.1, -0.05) is 41.9 Å². The van der Waals surface area contributed by atoms with E-state index >= 15 is 0 Å². The molecule has 0 aliphatic carbocycles. The molecule has 0 aromatic heterocycles. The summed E-state index contributed by atoms with van der Waals surface area (Å²) >= 11 is 3.27. The number of carbonyl (C=O) groups is 2. The highest BCUT2D eigenvalue weighted by molar-refractivity contribution is 9.10. The Morgan fingerprint density at radius 1 is 1.07 bits per heavy atom. The van der Waals surface area contributed by atoms with E-state index in [-0.39, 0.29) is 23.3 Å². The van der Waals surface area contributed by atoms with Gasteiger partial charge in [0.15, 0.2) is 0 Å². The summed E-state index contributed by atoms with van der Waals surface area (Å²) in [4.78, 5) is 24.5. The monoisotopic (exact) mass is 481 g/mol. The van der Waals surface area contributed by atoms with Crippen LogP contribution in [0.1, 0.15) is 29.8 Å². The fraction of sp³-hybridized carbons (Fsp3) is 0.300. The lowest BCUT2D eigenvalue weighted by Crippen LogP contribution is -2.49. The van der Waals surface area contributed by atoms with Crippen molar-refractivity contribution in [3.05, 3.63) is 64.1 Å². The SMILES string of the molecule is CNC(=O)c1cccc(CNC(=O)[C@@H](NS(=O)(=O)c2ccc(Br)cc2)C(C)C)c1. The quantitative estimate of drug-likeness (QED) is 0.538. The van der Waals surface area contributed by atoms with Crippen molar-refractivity contribution in [3.63, 3.8) is 0 Å². The number of halogens is 1. The highest BCUT2D eigenvalue weighted by Crippen LogP contribution is 2.16. The average molecular weight is 482 g/mol. The van der Waals surface area contributed by atoms with Crippen LogP contribution in [0.2, 0.25) is 0 Å². The first kappa shape index (κ1) is 23.1. The molecule has 0 aliphatic rings. The minimum atomic E-state index is -3.86. The molecule has 2 aromatic rings. The Bertz CT molecular complexity index is 975. The summed E-state index contributed by atoms with van der Waals surface area (Å²) < 4.78 is 28.5. The maximum atomic E-state index is 12.7. The van der Waals surface area contributed by atoms with Gasteiger partial charge in [-0.25, -0.2) is 8.42 Å². The second-order valence-corrected chi connectivity index (χ2v) is 9.42. The van der Waals surface area contributed by atoms with Gasteiger partial charge in [0.05, 0.1) is 4.90 Å². The number of sulfonamides is 1. The molecule has 0 unspecified atom stereocenters. The summed E-state index contributed by atoms with van der Waals surface area (Å²) in [7, 11) is -2.31.